The van der Waals surface area contributed by atoms with Gasteiger partial charge in [-0.25, -0.2) is 0 Å². The lowest BCUT2D eigenvalue weighted by molar-refractivity contribution is 0.300. The highest BCUT2D eigenvalue weighted by molar-refractivity contribution is 8.00. The number of thioether (sulfide) groups is 1. The van der Waals surface area contributed by atoms with Gasteiger partial charge in [0, 0.05) is 40.3 Å². The SMILES string of the molecule is COC1=CCN(C2=CC=CCC2)C/C=C\C(Nc2ccc3c(c2)C2=CC=CCC2S3)=C(/C)C(C)=C1. The van der Waals surface area contributed by atoms with Gasteiger partial charge in [-0.1, -0.05) is 36.5 Å². The third kappa shape index (κ3) is 5.28. The summed E-state index contributed by atoms with van der Waals surface area (Å²) in [5, 5.41) is 4.30. The largest absolute Gasteiger partial charge is 0.497 e. The third-order valence-corrected chi connectivity index (χ3v) is 8.40. The van der Waals surface area contributed by atoms with Gasteiger partial charge in [-0.05, 0) is 97.9 Å². The molecule has 5 rings (SSSR count). The number of benzene rings is 1. The lowest BCUT2D eigenvalue weighted by atomic mass is 9.97. The van der Waals surface area contributed by atoms with Crippen LogP contribution in [0.3, 0.4) is 0 Å². The second-order valence-corrected chi connectivity index (χ2v) is 10.6. The molecule has 2 aliphatic heterocycles. The van der Waals surface area contributed by atoms with Crippen LogP contribution in [0.2, 0.25) is 0 Å². The van der Waals surface area contributed by atoms with Crippen LogP contribution >= 0.6 is 11.8 Å². The van der Waals surface area contributed by atoms with Gasteiger partial charge in [0.15, 0.2) is 0 Å². The summed E-state index contributed by atoms with van der Waals surface area (Å²) in [7, 11) is 1.75. The first kappa shape index (κ1) is 23.6. The number of nitrogens with one attached hydrogen (secondary N) is 1. The Morgan fingerprint density at radius 3 is 2.77 bits per heavy atom. The van der Waals surface area contributed by atoms with Crippen molar-refractivity contribution in [3.8, 4) is 0 Å². The molecule has 0 saturated heterocycles. The minimum Gasteiger partial charge on any atom is -0.497 e. The summed E-state index contributed by atoms with van der Waals surface area (Å²) in [6.45, 7) is 6.02. The van der Waals surface area contributed by atoms with Crippen molar-refractivity contribution in [1.29, 1.82) is 0 Å². The summed E-state index contributed by atoms with van der Waals surface area (Å²) in [5.41, 5.74) is 8.85. The lowest BCUT2D eigenvalue weighted by Crippen LogP contribution is -2.24. The monoisotopic (exact) mass is 482 g/mol. The van der Waals surface area contributed by atoms with E-state index in [2.05, 4.69) is 103 Å². The number of anilines is 1. The minimum atomic E-state index is 0.558. The molecule has 1 atom stereocenters. The summed E-state index contributed by atoms with van der Waals surface area (Å²) < 4.78 is 5.72. The average molecular weight is 483 g/mol. The molecular weight excluding hydrogens is 448 g/mol. The Bertz CT molecular complexity index is 1240. The molecule has 0 aromatic heterocycles. The zero-order valence-electron chi connectivity index (χ0n) is 20.9. The van der Waals surface area contributed by atoms with Crippen LogP contribution in [0.1, 0.15) is 38.7 Å². The smallest absolute Gasteiger partial charge is 0.116 e. The van der Waals surface area contributed by atoms with E-state index < -0.39 is 0 Å². The van der Waals surface area contributed by atoms with E-state index in [4.69, 9.17) is 4.74 Å². The fourth-order valence-corrected chi connectivity index (χ4v) is 6.18. The first-order chi connectivity index (χ1) is 17.1. The molecule has 0 saturated carbocycles. The average Bonchev–Trinajstić information content (AvgIpc) is 3.26. The molecule has 3 nitrogen and oxygen atoms in total. The molecule has 0 amide bonds. The predicted octanol–water partition coefficient (Wildman–Crippen LogP) is 7.77. The van der Waals surface area contributed by atoms with E-state index in [1.807, 2.05) is 11.8 Å². The molecule has 35 heavy (non-hydrogen) atoms. The zero-order chi connectivity index (χ0) is 24.2. The van der Waals surface area contributed by atoms with Crippen LogP contribution in [-0.2, 0) is 4.74 Å². The standard InChI is InChI=1S/C31H34N2OS/c1-22-20-26(34-3)17-19-33(25-10-5-4-6-11-25)18-9-13-29(23(22)2)32-24-15-16-31-28(21-24)27-12-7-8-14-30(27)35-31/h4-5,7-10,12-13,15-17,20-21,30,32H,6,11,14,18-19H2,1-3H3/b13-9-,22-20?,26-17?,29-23-. The maximum Gasteiger partial charge on any atom is 0.116 e. The number of hydrogen-bond acceptors (Lipinski definition) is 4. The maximum atomic E-state index is 5.72. The number of ether oxygens (including phenoxy) is 1. The van der Waals surface area contributed by atoms with Gasteiger partial charge in [-0.2, -0.15) is 0 Å². The molecule has 1 aromatic rings. The molecule has 1 aromatic carbocycles. The van der Waals surface area contributed by atoms with Gasteiger partial charge in [-0.3, -0.25) is 0 Å². The number of nitrogens with zero attached hydrogens (tertiary/aromatic N) is 1. The van der Waals surface area contributed by atoms with Gasteiger partial charge in [-0.15, -0.1) is 11.8 Å². The van der Waals surface area contributed by atoms with E-state index in [0.29, 0.717) is 5.25 Å². The summed E-state index contributed by atoms with van der Waals surface area (Å²) in [5.74, 6) is 0.901. The van der Waals surface area contributed by atoms with Crippen molar-refractivity contribution in [2.24, 2.45) is 0 Å². The quantitative estimate of drug-likeness (QED) is 0.474. The van der Waals surface area contributed by atoms with Gasteiger partial charge in [0.25, 0.3) is 0 Å². The molecule has 2 aliphatic carbocycles. The summed E-state index contributed by atoms with van der Waals surface area (Å²) >= 11 is 1.99. The van der Waals surface area contributed by atoms with Crippen LogP contribution in [0.5, 0.6) is 0 Å². The minimum absolute atomic E-state index is 0.558. The molecule has 2 heterocycles. The second-order valence-electron chi connectivity index (χ2n) is 9.34. The van der Waals surface area contributed by atoms with E-state index in [1.54, 1.807) is 7.11 Å². The normalized spacial score (nSPS) is 24.9. The topological polar surface area (TPSA) is 24.5 Å². The Hall–Kier alpha value is -3.11. The highest BCUT2D eigenvalue weighted by Gasteiger charge is 2.28. The number of hydrogen-bond donors (Lipinski definition) is 1. The first-order valence-electron chi connectivity index (χ1n) is 12.5. The predicted molar refractivity (Wildman–Crippen MR) is 150 cm³/mol. The molecule has 0 radical (unpaired) electrons. The van der Waals surface area contributed by atoms with E-state index in [-0.39, 0.29) is 0 Å². The summed E-state index contributed by atoms with van der Waals surface area (Å²) in [4.78, 5) is 3.81. The molecule has 1 N–H and O–H groups in total. The van der Waals surface area contributed by atoms with Crippen LogP contribution in [0.4, 0.5) is 5.69 Å². The fourth-order valence-electron chi connectivity index (χ4n) is 4.88. The van der Waals surface area contributed by atoms with Gasteiger partial charge in [0.2, 0.25) is 0 Å². The highest BCUT2D eigenvalue weighted by atomic mass is 32.2. The Morgan fingerprint density at radius 2 is 1.94 bits per heavy atom. The van der Waals surface area contributed by atoms with Crippen molar-refractivity contribution >= 4 is 23.0 Å². The number of fused-ring (bicyclic) bond motifs is 3. The second kappa shape index (κ2) is 10.7. The Labute approximate surface area is 214 Å². The van der Waals surface area contributed by atoms with Gasteiger partial charge >= 0.3 is 0 Å². The molecule has 0 spiro atoms. The van der Waals surface area contributed by atoms with Gasteiger partial charge in [0.1, 0.15) is 5.76 Å². The van der Waals surface area contributed by atoms with Crippen molar-refractivity contribution in [1.82, 2.24) is 4.90 Å². The molecular formula is C31H34N2OS. The molecule has 180 valence electrons. The van der Waals surface area contributed by atoms with Gasteiger partial charge < -0.3 is 15.0 Å². The summed E-state index contributed by atoms with van der Waals surface area (Å²) in [6, 6.07) is 6.80. The number of methoxy groups -OCH3 is 1. The van der Waals surface area contributed by atoms with Crippen LogP contribution < -0.4 is 5.32 Å². The molecule has 0 bridgehead atoms. The van der Waals surface area contributed by atoms with Crippen LogP contribution in [0, 0.1) is 0 Å². The maximum absolute atomic E-state index is 5.72. The fraction of sp³-hybridized carbons (Fsp3) is 0.290. The van der Waals surface area contributed by atoms with Crippen LogP contribution in [0.15, 0.2) is 112 Å². The van der Waals surface area contributed by atoms with Crippen molar-refractivity contribution < 1.29 is 4.74 Å². The number of allylic oxidation sites excluding steroid dienone is 11. The Balaban J connectivity index is 1.46. The lowest BCUT2D eigenvalue weighted by Gasteiger charge is -2.26. The highest BCUT2D eigenvalue weighted by Crippen LogP contribution is 2.48. The van der Waals surface area contributed by atoms with Crippen molar-refractivity contribution in [3.63, 3.8) is 0 Å². The molecule has 0 fully saturated rings. The van der Waals surface area contributed by atoms with Crippen molar-refractivity contribution in [2.75, 3.05) is 25.5 Å². The van der Waals surface area contributed by atoms with Crippen LogP contribution in [0.25, 0.3) is 5.57 Å². The van der Waals surface area contributed by atoms with E-state index in [1.165, 1.54) is 32.9 Å². The Morgan fingerprint density at radius 1 is 1.06 bits per heavy atom. The van der Waals surface area contributed by atoms with Crippen LogP contribution in [-0.4, -0.2) is 30.3 Å². The van der Waals surface area contributed by atoms with Crippen molar-refractivity contribution in [3.05, 3.63) is 113 Å². The summed E-state index contributed by atoms with van der Waals surface area (Å²) in [6.07, 6.45) is 25.5. The van der Waals surface area contributed by atoms with E-state index >= 15 is 0 Å². The third-order valence-electron chi connectivity index (χ3n) is 7.06. The molecule has 4 aliphatic rings. The zero-order valence-corrected chi connectivity index (χ0v) is 21.7. The van der Waals surface area contributed by atoms with Gasteiger partial charge in [0.05, 0.1) is 7.11 Å². The number of rotatable bonds is 4. The Kier molecular flexibility index (Phi) is 7.19. The van der Waals surface area contributed by atoms with E-state index in [9.17, 15) is 0 Å². The first-order valence-corrected chi connectivity index (χ1v) is 13.4. The molecule has 1 unspecified atom stereocenters. The van der Waals surface area contributed by atoms with E-state index in [0.717, 1.165) is 49.5 Å². The van der Waals surface area contributed by atoms with Crippen molar-refractivity contribution in [2.45, 2.75) is 43.3 Å². The molecule has 4 heteroatoms.